The molecule has 100 valence electrons. The molecule has 0 bridgehead atoms. The zero-order valence-corrected chi connectivity index (χ0v) is 11.7. The number of carbonyl (C=O) groups excluding carboxylic acids is 1. The standard InChI is InChI=1S/C13H26N2O2/c1-10(9-17-5)15(4)12(16)11-13(2,3)7-6-8-14-11/h10-11,14H,6-9H2,1-5H3. The summed E-state index contributed by atoms with van der Waals surface area (Å²) in [6, 6.07) is 0.0487. The molecule has 2 unspecified atom stereocenters. The molecule has 0 aromatic rings. The minimum absolute atomic E-state index is 0.0381. The summed E-state index contributed by atoms with van der Waals surface area (Å²) in [7, 11) is 3.52. The van der Waals surface area contributed by atoms with Gasteiger partial charge in [0.25, 0.3) is 0 Å². The van der Waals surface area contributed by atoms with E-state index in [1.54, 1.807) is 12.0 Å². The van der Waals surface area contributed by atoms with Crippen molar-refractivity contribution in [3.63, 3.8) is 0 Å². The summed E-state index contributed by atoms with van der Waals surface area (Å²) in [5.41, 5.74) is 0.0381. The van der Waals surface area contributed by atoms with E-state index in [2.05, 4.69) is 19.2 Å². The summed E-state index contributed by atoms with van der Waals surface area (Å²) in [6.07, 6.45) is 2.25. The van der Waals surface area contributed by atoms with Gasteiger partial charge < -0.3 is 15.0 Å². The summed E-state index contributed by atoms with van der Waals surface area (Å²) >= 11 is 0. The molecule has 2 atom stereocenters. The van der Waals surface area contributed by atoms with E-state index in [-0.39, 0.29) is 23.4 Å². The predicted octanol–water partition coefficient (Wildman–Crippen LogP) is 1.26. The molecule has 17 heavy (non-hydrogen) atoms. The smallest absolute Gasteiger partial charge is 0.240 e. The fourth-order valence-corrected chi connectivity index (χ4v) is 2.41. The molecule has 1 aliphatic rings. The first kappa shape index (κ1) is 14.5. The summed E-state index contributed by atoms with van der Waals surface area (Å²) in [5.74, 6) is 0.180. The molecule has 0 aliphatic carbocycles. The van der Waals surface area contributed by atoms with Gasteiger partial charge in [-0.2, -0.15) is 0 Å². The second-order valence-corrected chi connectivity index (χ2v) is 5.73. The fraction of sp³-hybridized carbons (Fsp3) is 0.923. The Morgan fingerprint density at radius 1 is 1.59 bits per heavy atom. The molecular formula is C13H26N2O2. The number of amides is 1. The molecule has 1 heterocycles. The molecule has 0 spiro atoms. The molecule has 1 saturated heterocycles. The van der Waals surface area contributed by atoms with Gasteiger partial charge in [-0.25, -0.2) is 0 Å². The van der Waals surface area contributed by atoms with E-state index in [0.717, 1.165) is 19.4 Å². The Hall–Kier alpha value is -0.610. The summed E-state index contributed by atoms with van der Waals surface area (Å²) < 4.78 is 5.10. The summed E-state index contributed by atoms with van der Waals surface area (Å²) in [6.45, 7) is 7.85. The van der Waals surface area contributed by atoms with Gasteiger partial charge in [0.1, 0.15) is 0 Å². The maximum absolute atomic E-state index is 12.4. The van der Waals surface area contributed by atoms with E-state index in [9.17, 15) is 4.79 Å². The molecule has 1 N–H and O–H groups in total. The van der Waals surface area contributed by atoms with Crippen LogP contribution in [-0.4, -0.2) is 50.2 Å². The van der Waals surface area contributed by atoms with Crippen LogP contribution in [0.15, 0.2) is 0 Å². The van der Waals surface area contributed by atoms with Crippen molar-refractivity contribution in [1.29, 1.82) is 0 Å². The number of nitrogens with one attached hydrogen (secondary N) is 1. The highest BCUT2D eigenvalue weighted by Gasteiger charge is 2.39. The van der Waals surface area contributed by atoms with Gasteiger partial charge in [-0.3, -0.25) is 4.79 Å². The molecule has 4 nitrogen and oxygen atoms in total. The Labute approximate surface area is 105 Å². The van der Waals surface area contributed by atoms with Gasteiger partial charge in [0, 0.05) is 14.2 Å². The molecule has 1 aliphatic heterocycles. The number of carbonyl (C=O) groups is 1. The monoisotopic (exact) mass is 242 g/mol. The van der Waals surface area contributed by atoms with E-state index < -0.39 is 0 Å². The van der Waals surface area contributed by atoms with E-state index >= 15 is 0 Å². The van der Waals surface area contributed by atoms with Gasteiger partial charge >= 0.3 is 0 Å². The number of nitrogens with zero attached hydrogens (tertiary/aromatic N) is 1. The first-order valence-electron chi connectivity index (χ1n) is 6.39. The highest BCUT2D eigenvalue weighted by atomic mass is 16.5. The van der Waals surface area contributed by atoms with Crippen LogP contribution < -0.4 is 5.32 Å². The van der Waals surface area contributed by atoms with Crippen molar-refractivity contribution in [3.8, 4) is 0 Å². The maximum atomic E-state index is 12.4. The van der Waals surface area contributed by atoms with Crippen molar-refractivity contribution < 1.29 is 9.53 Å². The number of hydrogen-bond acceptors (Lipinski definition) is 3. The SMILES string of the molecule is COCC(C)N(C)C(=O)C1NCCCC1(C)C. The minimum Gasteiger partial charge on any atom is -0.383 e. The molecule has 1 rings (SSSR count). The Morgan fingerprint density at radius 2 is 2.24 bits per heavy atom. The average molecular weight is 242 g/mol. The van der Waals surface area contributed by atoms with Crippen molar-refractivity contribution >= 4 is 5.91 Å². The lowest BCUT2D eigenvalue weighted by Crippen LogP contribution is -2.57. The molecule has 0 aromatic carbocycles. The second-order valence-electron chi connectivity index (χ2n) is 5.73. The summed E-state index contributed by atoms with van der Waals surface area (Å²) in [5, 5.41) is 3.35. The third-order valence-corrected chi connectivity index (χ3v) is 3.79. The van der Waals surface area contributed by atoms with Crippen LogP contribution in [0, 0.1) is 5.41 Å². The van der Waals surface area contributed by atoms with Crippen LogP contribution in [0.25, 0.3) is 0 Å². The number of ether oxygens (including phenoxy) is 1. The van der Waals surface area contributed by atoms with Gasteiger partial charge in [-0.1, -0.05) is 13.8 Å². The maximum Gasteiger partial charge on any atom is 0.240 e. The first-order chi connectivity index (χ1) is 7.90. The van der Waals surface area contributed by atoms with Crippen molar-refractivity contribution in [1.82, 2.24) is 10.2 Å². The Kier molecular flexibility index (Phi) is 4.95. The third-order valence-electron chi connectivity index (χ3n) is 3.79. The lowest BCUT2D eigenvalue weighted by atomic mass is 9.77. The largest absolute Gasteiger partial charge is 0.383 e. The topological polar surface area (TPSA) is 41.6 Å². The second kappa shape index (κ2) is 5.83. The Balaban J connectivity index is 2.67. The molecule has 1 amide bonds. The van der Waals surface area contributed by atoms with Crippen LogP contribution in [0.3, 0.4) is 0 Å². The van der Waals surface area contributed by atoms with Crippen LogP contribution in [0.5, 0.6) is 0 Å². The minimum atomic E-state index is -0.0689. The van der Waals surface area contributed by atoms with E-state index in [4.69, 9.17) is 4.74 Å². The van der Waals surface area contributed by atoms with Crippen LogP contribution in [0.4, 0.5) is 0 Å². The molecule has 0 saturated carbocycles. The summed E-state index contributed by atoms with van der Waals surface area (Å²) in [4.78, 5) is 14.2. The molecule has 4 heteroatoms. The number of piperidine rings is 1. The number of likely N-dealkylation sites (N-methyl/N-ethyl adjacent to an activating group) is 1. The van der Waals surface area contributed by atoms with Crippen molar-refractivity contribution in [2.24, 2.45) is 5.41 Å². The number of methoxy groups -OCH3 is 1. The molecule has 1 fully saturated rings. The van der Waals surface area contributed by atoms with Crippen LogP contribution in [-0.2, 0) is 9.53 Å². The lowest BCUT2D eigenvalue weighted by Gasteiger charge is -2.41. The van der Waals surface area contributed by atoms with Gasteiger partial charge in [-0.05, 0) is 31.7 Å². The highest BCUT2D eigenvalue weighted by molar-refractivity contribution is 5.83. The van der Waals surface area contributed by atoms with Crippen LogP contribution in [0.1, 0.15) is 33.6 Å². The van der Waals surface area contributed by atoms with Gasteiger partial charge in [-0.15, -0.1) is 0 Å². The zero-order chi connectivity index (χ0) is 13.1. The molecule has 0 radical (unpaired) electrons. The lowest BCUT2D eigenvalue weighted by molar-refractivity contribution is -0.138. The van der Waals surface area contributed by atoms with Crippen molar-refractivity contribution in [2.75, 3.05) is 27.3 Å². The van der Waals surface area contributed by atoms with Gasteiger partial charge in [0.2, 0.25) is 5.91 Å². The Morgan fingerprint density at radius 3 is 2.76 bits per heavy atom. The average Bonchev–Trinajstić information content (AvgIpc) is 2.27. The first-order valence-corrected chi connectivity index (χ1v) is 6.39. The highest BCUT2D eigenvalue weighted by Crippen LogP contribution is 2.31. The van der Waals surface area contributed by atoms with Crippen LogP contribution >= 0.6 is 0 Å². The van der Waals surface area contributed by atoms with E-state index in [1.165, 1.54) is 0 Å². The molecule has 0 aromatic heterocycles. The predicted molar refractivity (Wildman–Crippen MR) is 68.9 cm³/mol. The molecular weight excluding hydrogens is 216 g/mol. The van der Waals surface area contributed by atoms with Gasteiger partial charge in [0.15, 0.2) is 0 Å². The normalized spacial score (nSPS) is 25.4. The number of hydrogen-bond donors (Lipinski definition) is 1. The van der Waals surface area contributed by atoms with Crippen molar-refractivity contribution in [3.05, 3.63) is 0 Å². The van der Waals surface area contributed by atoms with E-state index in [0.29, 0.717) is 6.61 Å². The zero-order valence-electron chi connectivity index (χ0n) is 11.7. The van der Waals surface area contributed by atoms with Gasteiger partial charge in [0.05, 0.1) is 18.7 Å². The quantitative estimate of drug-likeness (QED) is 0.807. The van der Waals surface area contributed by atoms with Crippen molar-refractivity contribution in [2.45, 2.75) is 45.7 Å². The fourth-order valence-electron chi connectivity index (χ4n) is 2.41. The van der Waals surface area contributed by atoms with E-state index in [1.807, 2.05) is 14.0 Å². The Bertz CT molecular complexity index is 266. The van der Waals surface area contributed by atoms with Crippen LogP contribution in [0.2, 0.25) is 0 Å². The third kappa shape index (κ3) is 3.42. The number of rotatable bonds is 4.